The molecule has 5 heteroatoms. The summed E-state index contributed by atoms with van der Waals surface area (Å²) in [5.41, 5.74) is 0.890. The first kappa shape index (κ1) is 16.3. The predicted molar refractivity (Wildman–Crippen MR) is 81.7 cm³/mol. The molecule has 4 nitrogen and oxygen atoms in total. The first-order chi connectivity index (χ1) is 10.2. The lowest BCUT2D eigenvalue weighted by Gasteiger charge is -2.28. The zero-order chi connectivity index (χ0) is 15.1. The molecule has 0 saturated carbocycles. The van der Waals surface area contributed by atoms with Crippen LogP contribution in [0.1, 0.15) is 37.4 Å². The Bertz CT molecular complexity index is 406. The Morgan fingerprint density at radius 3 is 2.95 bits per heavy atom. The molecule has 0 aromatic carbocycles. The molecule has 21 heavy (non-hydrogen) atoms. The Balaban J connectivity index is 1.77. The van der Waals surface area contributed by atoms with Gasteiger partial charge in [-0.25, -0.2) is 4.39 Å². The topological polar surface area (TPSA) is 37.4 Å². The molecule has 2 heterocycles. The highest BCUT2D eigenvalue weighted by Crippen LogP contribution is 2.16. The number of likely N-dealkylation sites (N-methyl/N-ethyl adjacent to an activating group) is 1. The second-order valence-corrected chi connectivity index (χ2v) is 5.78. The molecule has 2 unspecified atom stereocenters. The van der Waals surface area contributed by atoms with Gasteiger partial charge in [-0.2, -0.15) is 0 Å². The van der Waals surface area contributed by atoms with Gasteiger partial charge in [0.2, 0.25) is 0 Å². The third-order valence-electron chi connectivity index (χ3n) is 4.04. The van der Waals surface area contributed by atoms with Gasteiger partial charge in [-0.3, -0.25) is 4.98 Å². The van der Waals surface area contributed by atoms with Gasteiger partial charge in [0, 0.05) is 13.2 Å². The third-order valence-corrected chi connectivity index (χ3v) is 4.04. The lowest BCUT2D eigenvalue weighted by molar-refractivity contribution is -0.00185. The molecule has 1 fully saturated rings. The van der Waals surface area contributed by atoms with Gasteiger partial charge < -0.3 is 15.0 Å². The van der Waals surface area contributed by atoms with Crippen molar-refractivity contribution in [3.8, 4) is 0 Å². The number of hydrogen-bond donors (Lipinski definition) is 1. The van der Waals surface area contributed by atoms with Gasteiger partial charge in [0.05, 0.1) is 24.0 Å². The van der Waals surface area contributed by atoms with Gasteiger partial charge in [0.25, 0.3) is 0 Å². The molecule has 1 aromatic rings. The van der Waals surface area contributed by atoms with Crippen LogP contribution in [0.5, 0.6) is 0 Å². The molecule has 1 N–H and O–H groups in total. The highest BCUT2D eigenvalue weighted by Gasteiger charge is 2.17. The summed E-state index contributed by atoms with van der Waals surface area (Å²) in [6, 6.07) is 3.37. The van der Waals surface area contributed by atoms with Crippen molar-refractivity contribution in [1.29, 1.82) is 0 Å². The van der Waals surface area contributed by atoms with Crippen LogP contribution in [-0.4, -0.2) is 49.8 Å². The van der Waals surface area contributed by atoms with Crippen LogP contribution < -0.4 is 5.32 Å². The van der Waals surface area contributed by atoms with Crippen molar-refractivity contribution >= 4 is 0 Å². The zero-order valence-electron chi connectivity index (χ0n) is 13.0. The molecular formula is C16H26FN3O. The van der Waals surface area contributed by atoms with Crippen molar-refractivity contribution in [2.75, 3.05) is 33.8 Å². The molecule has 0 bridgehead atoms. The normalized spacial score (nSPS) is 20.7. The molecule has 1 aliphatic heterocycles. The Kier molecular flexibility index (Phi) is 6.54. The fourth-order valence-electron chi connectivity index (χ4n) is 2.77. The molecule has 0 aliphatic carbocycles. The third kappa shape index (κ3) is 5.34. The molecule has 0 radical (unpaired) electrons. The van der Waals surface area contributed by atoms with E-state index in [1.807, 2.05) is 7.05 Å². The summed E-state index contributed by atoms with van der Waals surface area (Å²) in [6.07, 6.45) is 6.23. The molecule has 2 atom stereocenters. The van der Waals surface area contributed by atoms with E-state index in [9.17, 15) is 4.39 Å². The minimum absolute atomic E-state index is 0.153. The van der Waals surface area contributed by atoms with Crippen LogP contribution in [0, 0.1) is 5.82 Å². The Morgan fingerprint density at radius 2 is 2.33 bits per heavy atom. The number of halogens is 1. The van der Waals surface area contributed by atoms with Crippen molar-refractivity contribution in [1.82, 2.24) is 15.2 Å². The first-order valence-corrected chi connectivity index (χ1v) is 7.78. The van der Waals surface area contributed by atoms with Crippen molar-refractivity contribution in [3.63, 3.8) is 0 Å². The Morgan fingerprint density at radius 1 is 1.48 bits per heavy atom. The number of pyridine rings is 1. The van der Waals surface area contributed by atoms with E-state index >= 15 is 0 Å². The maximum Gasteiger partial charge on any atom is 0.141 e. The first-order valence-electron chi connectivity index (χ1n) is 7.78. The summed E-state index contributed by atoms with van der Waals surface area (Å²) in [6.45, 7) is 2.84. The molecular weight excluding hydrogens is 269 g/mol. The molecule has 118 valence electrons. The smallest absolute Gasteiger partial charge is 0.141 e. The van der Waals surface area contributed by atoms with Crippen LogP contribution in [0.15, 0.2) is 18.3 Å². The number of aromatic nitrogens is 1. The fourth-order valence-corrected chi connectivity index (χ4v) is 2.77. The Labute approximate surface area is 126 Å². The average Bonchev–Trinajstić information content (AvgIpc) is 2.50. The van der Waals surface area contributed by atoms with Gasteiger partial charge in [-0.05, 0) is 58.5 Å². The van der Waals surface area contributed by atoms with E-state index in [4.69, 9.17) is 4.74 Å². The summed E-state index contributed by atoms with van der Waals surface area (Å²) >= 11 is 0. The van der Waals surface area contributed by atoms with E-state index in [0.717, 1.165) is 31.8 Å². The molecule has 0 amide bonds. The van der Waals surface area contributed by atoms with Crippen molar-refractivity contribution in [3.05, 3.63) is 29.8 Å². The number of nitrogens with one attached hydrogen (secondary N) is 1. The number of nitrogens with zero attached hydrogens (tertiary/aromatic N) is 2. The minimum Gasteiger partial charge on any atom is -0.377 e. The van der Waals surface area contributed by atoms with Crippen molar-refractivity contribution < 1.29 is 9.13 Å². The minimum atomic E-state index is -0.292. The van der Waals surface area contributed by atoms with Gasteiger partial charge >= 0.3 is 0 Å². The fraction of sp³-hybridized carbons (Fsp3) is 0.688. The lowest BCUT2D eigenvalue weighted by atomic mass is 10.1. The van der Waals surface area contributed by atoms with Gasteiger partial charge in [0.1, 0.15) is 5.82 Å². The van der Waals surface area contributed by atoms with E-state index in [2.05, 4.69) is 22.2 Å². The summed E-state index contributed by atoms with van der Waals surface area (Å²) in [5.74, 6) is -0.292. The molecule has 1 aromatic heterocycles. The lowest BCUT2D eigenvalue weighted by Crippen LogP contribution is -2.35. The van der Waals surface area contributed by atoms with E-state index < -0.39 is 0 Å². The molecule has 2 rings (SSSR count). The van der Waals surface area contributed by atoms with Gasteiger partial charge in [0.15, 0.2) is 0 Å². The summed E-state index contributed by atoms with van der Waals surface area (Å²) in [4.78, 5) is 6.47. The van der Waals surface area contributed by atoms with Gasteiger partial charge in [-0.15, -0.1) is 0 Å². The largest absolute Gasteiger partial charge is 0.377 e. The van der Waals surface area contributed by atoms with Crippen molar-refractivity contribution in [2.45, 2.75) is 37.8 Å². The van der Waals surface area contributed by atoms with Crippen LogP contribution >= 0.6 is 0 Å². The van der Waals surface area contributed by atoms with Gasteiger partial charge in [-0.1, -0.05) is 0 Å². The molecule has 0 spiro atoms. The number of hydrogen-bond acceptors (Lipinski definition) is 4. The second kappa shape index (κ2) is 8.41. The SMILES string of the molecule is CNC(CCN(C)CC1CCCCO1)c1ccc(F)cn1. The average molecular weight is 295 g/mol. The van der Waals surface area contributed by atoms with Crippen LogP contribution in [0.3, 0.4) is 0 Å². The molecule has 1 saturated heterocycles. The van der Waals surface area contributed by atoms with Crippen molar-refractivity contribution in [2.24, 2.45) is 0 Å². The standard InChI is InChI=1S/C16H26FN3O/c1-18-15(16-7-6-13(17)11-19-16)8-9-20(2)12-14-5-3-4-10-21-14/h6-7,11,14-15,18H,3-5,8-10,12H2,1-2H3. The Hall–Kier alpha value is -1.04. The highest BCUT2D eigenvalue weighted by molar-refractivity contribution is 5.09. The van der Waals surface area contributed by atoms with E-state index in [-0.39, 0.29) is 11.9 Å². The second-order valence-electron chi connectivity index (χ2n) is 5.78. The van der Waals surface area contributed by atoms with E-state index in [1.165, 1.54) is 31.5 Å². The maximum absolute atomic E-state index is 12.9. The predicted octanol–water partition coefficient (Wildman–Crippen LogP) is 2.37. The number of ether oxygens (including phenoxy) is 1. The van der Waals surface area contributed by atoms with Crippen LogP contribution in [-0.2, 0) is 4.74 Å². The summed E-state index contributed by atoms with van der Waals surface area (Å²) in [7, 11) is 4.04. The quantitative estimate of drug-likeness (QED) is 0.838. The van der Waals surface area contributed by atoms with E-state index in [0.29, 0.717) is 6.10 Å². The summed E-state index contributed by atoms with van der Waals surface area (Å²) in [5, 5.41) is 3.25. The summed E-state index contributed by atoms with van der Waals surface area (Å²) < 4.78 is 18.7. The maximum atomic E-state index is 12.9. The number of rotatable bonds is 7. The van der Waals surface area contributed by atoms with Crippen LogP contribution in [0.4, 0.5) is 4.39 Å². The van der Waals surface area contributed by atoms with Crippen LogP contribution in [0.25, 0.3) is 0 Å². The van der Waals surface area contributed by atoms with E-state index in [1.54, 1.807) is 6.07 Å². The monoisotopic (exact) mass is 295 g/mol. The zero-order valence-corrected chi connectivity index (χ0v) is 13.0. The highest BCUT2D eigenvalue weighted by atomic mass is 19.1. The molecule has 1 aliphatic rings. The van der Waals surface area contributed by atoms with Crippen LogP contribution in [0.2, 0.25) is 0 Å².